The van der Waals surface area contributed by atoms with Crippen LogP contribution >= 0.6 is 0 Å². The Morgan fingerprint density at radius 2 is 1.90 bits per heavy atom. The second kappa shape index (κ2) is 8.47. The van der Waals surface area contributed by atoms with Crippen molar-refractivity contribution in [1.82, 2.24) is 14.3 Å². The predicted molar refractivity (Wildman–Crippen MR) is 79.5 cm³/mol. The number of imidazole rings is 1. The van der Waals surface area contributed by atoms with Crippen LogP contribution in [0.1, 0.15) is 33.0 Å². The zero-order valence-electron chi connectivity index (χ0n) is 13.1. The molecule has 0 aliphatic rings. The van der Waals surface area contributed by atoms with Gasteiger partial charge in [-0.15, -0.1) is 0 Å². The van der Waals surface area contributed by atoms with E-state index in [1.807, 2.05) is 25.3 Å². The molecule has 0 unspecified atom stereocenters. The molecule has 0 aliphatic heterocycles. The molecule has 0 fully saturated rings. The summed E-state index contributed by atoms with van der Waals surface area (Å²) in [6.07, 6.45) is 1.88. The largest absolute Gasteiger partial charge is 0.352 e. The molecular weight excluding hydrogens is 294 g/mol. The predicted octanol–water partition coefficient (Wildman–Crippen LogP) is 1.28. The third-order valence-corrected chi connectivity index (χ3v) is 4.13. The fourth-order valence-electron chi connectivity index (χ4n) is 1.87. The summed E-state index contributed by atoms with van der Waals surface area (Å²) >= 11 is 0. The van der Waals surface area contributed by atoms with Gasteiger partial charge >= 0.3 is 0 Å². The molecule has 8 heteroatoms. The summed E-state index contributed by atoms with van der Waals surface area (Å²) in [5, 5.41) is 0.0280. The third-order valence-electron chi connectivity index (χ3n) is 2.84. The maximum Gasteiger partial charge on any atom is 0.259 e. The highest BCUT2D eigenvalue weighted by atomic mass is 32.2. The van der Waals surface area contributed by atoms with E-state index in [0.717, 1.165) is 13.0 Å². The summed E-state index contributed by atoms with van der Waals surface area (Å²) in [6.45, 7) is 9.19. The van der Waals surface area contributed by atoms with Crippen LogP contribution in [0.4, 0.5) is 0 Å². The topological polar surface area (TPSA) is 82.5 Å². The van der Waals surface area contributed by atoms with E-state index in [1.165, 1.54) is 0 Å². The Hall–Kier alpha value is -0.960. The van der Waals surface area contributed by atoms with E-state index in [4.69, 9.17) is 9.47 Å². The van der Waals surface area contributed by atoms with Crippen molar-refractivity contribution in [2.75, 3.05) is 19.8 Å². The molecule has 7 nitrogen and oxygen atoms in total. The summed E-state index contributed by atoms with van der Waals surface area (Å²) in [7, 11) is -3.65. The lowest BCUT2D eigenvalue weighted by Crippen LogP contribution is -2.35. The first kappa shape index (κ1) is 18.1. The number of sulfonamides is 1. The van der Waals surface area contributed by atoms with Crippen molar-refractivity contribution in [1.29, 1.82) is 0 Å². The monoisotopic (exact) mass is 319 g/mol. The molecule has 1 heterocycles. The van der Waals surface area contributed by atoms with Crippen LogP contribution < -0.4 is 4.72 Å². The van der Waals surface area contributed by atoms with Gasteiger partial charge in [0.15, 0.2) is 11.3 Å². The molecule has 0 saturated carbocycles. The highest BCUT2D eigenvalue weighted by Gasteiger charge is 2.21. The SMILES string of the molecule is CCCn1cc(S(=O)(=O)NCC(OCC)OCC)nc1C. The third kappa shape index (κ3) is 5.39. The number of hydrogen-bond acceptors (Lipinski definition) is 5. The van der Waals surface area contributed by atoms with Crippen molar-refractivity contribution in [3.63, 3.8) is 0 Å². The lowest BCUT2D eigenvalue weighted by molar-refractivity contribution is -0.130. The number of aromatic nitrogens is 2. The Balaban J connectivity index is 2.74. The fourth-order valence-corrected chi connectivity index (χ4v) is 2.89. The van der Waals surface area contributed by atoms with Crippen molar-refractivity contribution in [2.24, 2.45) is 0 Å². The van der Waals surface area contributed by atoms with Gasteiger partial charge in [-0.2, -0.15) is 0 Å². The molecule has 1 aromatic heterocycles. The van der Waals surface area contributed by atoms with Crippen molar-refractivity contribution >= 4 is 10.0 Å². The number of hydrogen-bond donors (Lipinski definition) is 1. The summed E-state index contributed by atoms with van der Waals surface area (Å²) in [5.74, 6) is 0.684. The van der Waals surface area contributed by atoms with E-state index >= 15 is 0 Å². The van der Waals surface area contributed by atoms with Gasteiger partial charge in [0.1, 0.15) is 5.82 Å². The number of nitrogens with one attached hydrogen (secondary N) is 1. The summed E-state index contributed by atoms with van der Waals surface area (Å²) in [6, 6.07) is 0. The van der Waals surface area contributed by atoms with Gasteiger partial charge in [0.25, 0.3) is 10.0 Å². The average molecular weight is 319 g/mol. The van der Waals surface area contributed by atoms with Crippen LogP contribution in [-0.2, 0) is 26.0 Å². The van der Waals surface area contributed by atoms with Crippen LogP contribution in [0.25, 0.3) is 0 Å². The van der Waals surface area contributed by atoms with Gasteiger partial charge in [0.2, 0.25) is 0 Å². The lowest BCUT2D eigenvalue weighted by Gasteiger charge is -2.16. The molecule has 0 aliphatic carbocycles. The number of aryl methyl sites for hydroxylation is 2. The Morgan fingerprint density at radius 1 is 1.29 bits per heavy atom. The molecular formula is C13H25N3O4S. The second-order valence-electron chi connectivity index (χ2n) is 4.51. The van der Waals surface area contributed by atoms with Crippen LogP contribution in [0.3, 0.4) is 0 Å². The molecule has 1 aromatic rings. The zero-order chi connectivity index (χ0) is 15.9. The van der Waals surface area contributed by atoms with Crippen LogP contribution in [-0.4, -0.2) is 44.0 Å². The second-order valence-corrected chi connectivity index (χ2v) is 6.23. The normalized spacial score (nSPS) is 12.2. The highest BCUT2D eigenvalue weighted by molar-refractivity contribution is 7.89. The molecule has 0 bridgehead atoms. The first-order valence-electron chi connectivity index (χ1n) is 7.21. The van der Waals surface area contributed by atoms with Gasteiger partial charge in [-0.3, -0.25) is 0 Å². The van der Waals surface area contributed by atoms with E-state index in [2.05, 4.69) is 9.71 Å². The molecule has 0 saturated heterocycles. The zero-order valence-corrected chi connectivity index (χ0v) is 13.9. The minimum Gasteiger partial charge on any atom is -0.352 e. The van der Waals surface area contributed by atoms with Gasteiger partial charge in [-0.25, -0.2) is 18.1 Å². The molecule has 1 N–H and O–H groups in total. The van der Waals surface area contributed by atoms with Gasteiger partial charge in [-0.1, -0.05) is 6.92 Å². The number of nitrogens with zero attached hydrogens (tertiary/aromatic N) is 2. The van der Waals surface area contributed by atoms with Crippen LogP contribution in [0.2, 0.25) is 0 Å². The van der Waals surface area contributed by atoms with Crippen LogP contribution in [0.5, 0.6) is 0 Å². The number of ether oxygens (including phenoxy) is 2. The lowest BCUT2D eigenvalue weighted by atomic mass is 10.5. The first-order valence-corrected chi connectivity index (χ1v) is 8.69. The van der Waals surface area contributed by atoms with Crippen LogP contribution in [0, 0.1) is 6.92 Å². The maximum absolute atomic E-state index is 12.2. The Labute approximate surface area is 126 Å². The van der Waals surface area contributed by atoms with E-state index in [9.17, 15) is 8.42 Å². The van der Waals surface area contributed by atoms with Crippen molar-refractivity contribution < 1.29 is 17.9 Å². The Bertz CT molecular complexity index is 522. The Morgan fingerprint density at radius 3 is 2.43 bits per heavy atom. The molecule has 0 aromatic carbocycles. The number of rotatable bonds is 10. The van der Waals surface area contributed by atoms with Gasteiger partial charge in [-0.05, 0) is 27.2 Å². The molecule has 0 atom stereocenters. The summed E-state index contributed by atoms with van der Waals surface area (Å²) < 4.78 is 39.4. The van der Waals surface area contributed by atoms with Gasteiger partial charge < -0.3 is 14.0 Å². The molecule has 0 radical (unpaired) electrons. The standard InChI is InChI=1S/C13H25N3O4S/c1-5-8-16-10-12(15-11(16)4)21(17,18)14-9-13(19-6-2)20-7-3/h10,13-14H,5-9H2,1-4H3. The van der Waals surface area contributed by atoms with Crippen molar-refractivity contribution in [2.45, 2.75) is 52.0 Å². The van der Waals surface area contributed by atoms with E-state index in [0.29, 0.717) is 19.0 Å². The molecule has 0 amide bonds. The quantitative estimate of drug-likeness (QED) is 0.657. The highest BCUT2D eigenvalue weighted by Crippen LogP contribution is 2.10. The Kier molecular flexibility index (Phi) is 7.30. The minimum atomic E-state index is -3.65. The summed E-state index contributed by atoms with van der Waals surface area (Å²) in [4.78, 5) is 4.10. The van der Waals surface area contributed by atoms with Gasteiger partial charge in [0.05, 0.1) is 6.54 Å². The average Bonchev–Trinajstić information content (AvgIpc) is 2.80. The van der Waals surface area contributed by atoms with E-state index < -0.39 is 16.3 Å². The van der Waals surface area contributed by atoms with Crippen molar-refractivity contribution in [3.05, 3.63) is 12.0 Å². The van der Waals surface area contributed by atoms with Gasteiger partial charge in [0, 0.05) is 26.0 Å². The molecule has 122 valence electrons. The molecule has 21 heavy (non-hydrogen) atoms. The molecule has 1 rings (SSSR count). The molecule has 0 spiro atoms. The van der Waals surface area contributed by atoms with Crippen molar-refractivity contribution in [3.8, 4) is 0 Å². The fraction of sp³-hybridized carbons (Fsp3) is 0.769. The summed E-state index contributed by atoms with van der Waals surface area (Å²) in [5.41, 5.74) is 0. The maximum atomic E-state index is 12.2. The first-order chi connectivity index (χ1) is 9.94. The van der Waals surface area contributed by atoms with Crippen LogP contribution in [0.15, 0.2) is 11.2 Å². The van der Waals surface area contributed by atoms with E-state index in [-0.39, 0.29) is 11.6 Å². The smallest absolute Gasteiger partial charge is 0.259 e. The van der Waals surface area contributed by atoms with E-state index in [1.54, 1.807) is 13.1 Å². The minimum absolute atomic E-state index is 0.0280.